The maximum absolute atomic E-state index is 15.3. The first-order valence-electron chi connectivity index (χ1n) is 18.9. The van der Waals surface area contributed by atoms with Gasteiger partial charge in [-0.05, 0) is 69.8 Å². The van der Waals surface area contributed by atoms with Crippen molar-refractivity contribution in [2.45, 2.75) is 53.4 Å². The van der Waals surface area contributed by atoms with E-state index in [9.17, 15) is 5.26 Å². The Bertz CT molecular complexity index is 2420. The molecule has 53 heavy (non-hydrogen) atoms. The minimum atomic E-state index is -0.181. The van der Waals surface area contributed by atoms with E-state index in [1.807, 2.05) is 54.6 Å². The van der Waals surface area contributed by atoms with Gasteiger partial charge in [-0.2, -0.15) is 0 Å². The van der Waals surface area contributed by atoms with Crippen molar-refractivity contribution >= 4 is 49.8 Å². The van der Waals surface area contributed by atoms with Gasteiger partial charge >= 0.3 is 0 Å². The summed E-state index contributed by atoms with van der Waals surface area (Å²) in [5.74, 6) is -0.181. The van der Waals surface area contributed by atoms with Gasteiger partial charge in [0.05, 0.1) is 29.5 Å². The summed E-state index contributed by atoms with van der Waals surface area (Å²) in [6, 6.07) is 32.8. The van der Waals surface area contributed by atoms with E-state index in [1.54, 1.807) is 0 Å². The lowest BCUT2D eigenvalue weighted by Crippen LogP contribution is -2.31. The van der Waals surface area contributed by atoms with E-state index in [2.05, 4.69) is 84.5 Å². The molecule has 2 N–H and O–H groups in total. The van der Waals surface area contributed by atoms with Crippen LogP contribution in [0.2, 0.25) is 0 Å². The molecule has 0 amide bonds. The number of nitrogen functional groups attached to an aromatic ring is 1. The molecule has 0 atom stereocenters. The number of benzene rings is 5. The molecule has 5 aromatic carbocycles. The lowest BCUT2D eigenvalue weighted by Gasteiger charge is -2.41. The average Bonchev–Trinajstić information content (AvgIpc) is 3.18. The molecule has 0 fully saturated rings. The predicted octanol–water partition coefficient (Wildman–Crippen LogP) is 9.47. The normalized spacial score (nSPS) is 14.4. The molecule has 0 unspecified atom stereocenters. The molecule has 0 aromatic heterocycles. The van der Waals surface area contributed by atoms with Crippen LogP contribution in [0.25, 0.3) is 37.5 Å². The Labute approximate surface area is 312 Å². The zero-order valence-corrected chi connectivity index (χ0v) is 31.1. The van der Waals surface area contributed by atoms with Crippen LogP contribution in [0.3, 0.4) is 0 Å². The fourth-order valence-corrected chi connectivity index (χ4v) is 8.57. The summed E-state index contributed by atoms with van der Waals surface area (Å²) in [7, 11) is 0. The van der Waals surface area contributed by atoms with Crippen molar-refractivity contribution in [1.82, 2.24) is 0 Å². The molecule has 6 heteroatoms. The van der Waals surface area contributed by atoms with Gasteiger partial charge in [0.1, 0.15) is 13.1 Å². The molecule has 7 rings (SSSR count). The van der Waals surface area contributed by atoms with Crippen molar-refractivity contribution in [3.63, 3.8) is 0 Å². The standard InChI is InChI=1S/C47H45N5O/c1-6-25-51(26-7-2)45-33-20-13-10-17-30(33)39(31-18-11-14-21-34(31)45)43-42(38(29-48)50-5)44(47(43)53)41-32-19-12-15-22-35(32)46(52(27-8-3)28-9-4)36-23-16-24-37(49)40(36)41/h10-24H,6-9,25-28,49H2,1-4H3/b42-38+. The van der Waals surface area contributed by atoms with Crippen LogP contribution in [-0.2, 0) is 0 Å². The lowest BCUT2D eigenvalue weighted by atomic mass is 9.69. The highest BCUT2D eigenvalue weighted by atomic mass is 16.3. The molecule has 0 aliphatic heterocycles. The molecule has 0 spiro atoms. The molecule has 5 aromatic rings. The zero-order valence-electron chi connectivity index (χ0n) is 31.1. The second-order valence-corrected chi connectivity index (χ2v) is 13.9. The SMILES string of the molecule is [C-]#[N+]/C(C#N)=C1\C(=C2c3ccccc3C(=[N+](CCC)CCC)c3ccccc32)C([O-])=C1c1c2ccccc2c(N(CCC)CCC)c2cccc(N)c12. The first-order chi connectivity index (χ1) is 25.9. The molecule has 2 aliphatic carbocycles. The smallest absolute Gasteiger partial charge is 0.270 e. The van der Waals surface area contributed by atoms with Crippen molar-refractivity contribution < 1.29 is 9.68 Å². The molecular weight excluding hydrogens is 651 g/mol. The van der Waals surface area contributed by atoms with Gasteiger partial charge in [-0.15, -0.1) is 0 Å². The van der Waals surface area contributed by atoms with Crippen molar-refractivity contribution in [3.05, 3.63) is 153 Å². The van der Waals surface area contributed by atoms with Crippen LogP contribution < -0.4 is 15.7 Å². The Balaban J connectivity index is 1.64. The highest BCUT2D eigenvalue weighted by molar-refractivity contribution is 6.26. The van der Waals surface area contributed by atoms with Gasteiger partial charge in [-0.3, -0.25) is 0 Å². The van der Waals surface area contributed by atoms with Gasteiger partial charge in [-0.1, -0.05) is 106 Å². The molecule has 0 saturated heterocycles. The summed E-state index contributed by atoms with van der Waals surface area (Å²) in [5.41, 5.74) is 16.2. The Morgan fingerprint density at radius 1 is 0.717 bits per heavy atom. The number of nitrogens with zero attached hydrogens (tertiary/aromatic N) is 4. The summed E-state index contributed by atoms with van der Waals surface area (Å²) in [6.45, 7) is 20.6. The van der Waals surface area contributed by atoms with Crippen LogP contribution in [0.5, 0.6) is 0 Å². The van der Waals surface area contributed by atoms with Crippen molar-refractivity contribution in [1.29, 1.82) is 5.26 Å². The highest BCUT2D eigenvalue weighted by Crippen LogP contribution is 2.56. The minimum absolute atomic E-state index is 0.0974. The number of anilines is 2. The topological polar surface area (TPSA) is 83.5 Å². The van der Waals surface area contributed by atoms with Gasteiger partial charge in [-0.25, -0.2) is 14.7 Å². The summed E-state index contributed by atoms with van der Waals surface area (Å²) >= 11 is 0. The van der Waals surface area contributed by atoms with Crippen molar-refractivity contribution in [2.75, 3.05) is 36.8 Å². The summed E-state index contributed by atoms with van der Waals surface area (Å²) in [4.78, 5) is 6.20. The van der Waals surface area contributed by atoms with E-state index >= 15 is 5.11 Å². The number of fused-ring (bicyclic) bond motifs is 4. The summed E-state index contributed by atoms with van der Waals surface area (Å²) in [5, 5.41) is 29.5. The Morgan fingerprint density at radius 3 is 1.81 bits per heavy atom. The Kier molecular flexibility index (Phi) is 9.90. The maximum atomic E-state index is 15.3. The van der Waals surface area contributed by atoms with Crippen LogP contribution in [0, 0.1) is 17.9 Å². The number of nitriles is 1. The van der Waals surface area contributed by atoms with E-state index in [0.29, 0.717) is 28.0 Å². The van der Waals surface area contributed by atoms with Gasteiger partial charge in [0.25, 0.3) is 5.70 Å². The predicted molar refractivity (Wildman–Crippen MR) is 218 cm³/mol. The second kappa shape index (κ2) is 14.9. The number of hydrogen-bond donors (Lipinski definition) is 1. The van der Waals surface area contributed by atoms with Gasteiger partial charge in [0, 0.05) is 53.4 Å². The zero-order chi connectivity index (χ0) is 37.2. The molecule has 0 bridgehead atoms. The average molecular weight is 696 g/mol. The molecule has 0 saturated carbocycles. The third kappa shape index (κ3) is 5.67. The van der Waals surface area contributed by atoms with Crippen LogP contribution in [-0.4, -0.2) is 36.5 Å². The quantitative estimate of drug-likeness (QED) is 0.0509. The van der Waals surface area contributed by atoms with Crippen LogP contribution in [0.15, 0.2) is 114 Å². The number of allylic oxidation sites excluding steroid dienone is 3. The first-order valence-corrected chi connectivity index (χ1v) is 18.9. The summed E-state index contributed by atoms with van der Waals surface area (Å²) < 4.78 is 2.46. The molecule has 264 valence electrons. The van der Waals surface area contributed by atoms with Gasteiger partial charge in [0.2, 0.25) is 5.71 Å². The van der Waals surface area contributed by atoms with Gasteiger partial charge < -0.3 is 15.7 Å². The molecule has 6 nitrogen and oxygen atoms in total. The Hall–Kier alpha value is -6.11. The third-order valence-corrected chi connectivity index (χ3v) is 10.5. The lowest BCUT2D eigenvalue weighted by molar-refractivity contribution is -0.527. The largest absolute Gasteiger partial charge is 0.872 e. The maximum Gasteiger partial charge on any atom is 0.270 e. The van der Waals surface area contributed by atoms with Crippen LogP contribution >= 0.6 is 0 Å². The van der Waals surface area contributed by atoms with E-state index in [1.165, 1.54) is 0 Å². The van der Waals surface area contributed by atoms with Gasteiger partial charge in [0.15, 0.2) is 0 Å². The van der Waals surface area contributed by atoms with E-state index in [-0.39, 0.29) is 11.5 Å². The fourth-order valence-electron chi connectivity index (χ4n) is 8.57. The second-order valence-electron chi connectivity index (χ2n) is 13.9. The monoisotopic (exact) mass is 695 g/mol. The number of nitrogens with two attached hydrogens (primary N) is 1. The van der Waals surface area contributed by atoms with E-state index in [0.717, 1.165) is 113 Å². The molecule has 0 heterocycles. The van der Waals surface area contributed by atoms with Crippen molar-refractivity contribution in [2.24, 2.45) is 0 Å². The third-order valence-electron chi connectivity index (χ3n) is 10.5. The first kappa shape index (κ1) is 35.3. The summed E-state index contributed by atoms with van der Waals surface area (Å²) in [6.07, 6.45) is 3.96. The molecule has 2 aliphatic rings. The van der Waals surface area contributed by atoms with Crippen molar-refractivity contribution in [3.8, 4) is 6.07 Å². The van der Waals surface area contributed by atoms with E-state index < -0.39 is 0 Å². The number of rotatable bonds is 10. The minimum Gasteiger partial charge on any atom is -0.872 e. The van der Waals surface area contributed by atoms with Crippen LogP contribution in [0.4, 0.5) is 11.4 Å². The van der Waals surface area contributed by atoms with E-state index in [4.69, 9.17) is 12.3 Å². The molecule has 0 radical (unpaired) electrons. The molecular formula is C47H45N5O. The number of hydrogen-bond acceptors (Lipinski definition) is 4. The Morgan fingerprint density at radius 2 is 1.26 bits per heavy atom. The fraction of sp³-hybridized carbons (Fsp3) is 0.255. The van der Waals surface area contributed by atoms with Crippen LogP contribution in [0.1, 0.15) is 81.2 Å². The highest BCUT2D eigenvalue weighted by Gasteiger charge is 2.39.